The molecule has 0 bridgehead atoms. The van der Waals surface area contributed by atoms with Gasteiger partial charge in [0, 0.05) is 32.9 Å². The average molecular weight is 249 g/mol. The van der Waals surface area contributed by atoms with Gasteiger partial charge in [-0.2, -0.15) is 0 Å². The first kappa shape index (κ1) is 12.7. The van der Waals surface area contributed by atoms with Crippen molar-refractivity contribution < 1.29 is 9.53 Å². The van der Waals surface area contributed by atoms with Gasteiger partial charge >= 0.3 is 0 Å². The van der Waals surface area contributed by atoms with Crippen LogP contribution in [-0.4, -0.2) is 39.3 Å². The molecule has 98 valence electrons. The average Bonchev–Trinajstić information content (AvgIpc) is 2.86. The molecule has 1 aliphatic rings. The minimum atomic E-state index is -0.0918. The first-order chi connectivity index (χ1) is 8.65. The Labute approximate surface area is 107 Å². The fourth-order valence-electron chi connectivity index (χ4n) is 2.28. The highest BCUT2D eigenvalue weighted by Gasteiger charge is 2.25. The minimum Gasteiger partial charge on any atom is -0.399 e. The second kappa shape index (κ2) is 5.27. The van der Waals surface area contributed by atoms with Crippen LogP contribution in [-0.2, 0) is 4.74 Å². The molecule has 0 radical (unpaired) electrons. The van der Waals surface area contributed by atoms with Gasteiger partial charge in [0.2, 0.25) is 0 Å². The molecule has 1 heterocycles. The first-order valence-corrected chi connectivity index (χ1v) is 6.05. The Bertz CT molecular complexity index is 448. The van der Waals surface area contributed by atoms with E-state index in [9.17, 15) is 4.79 Å². The largest absolute Gasteiger partial charge is 0.399 e. The highest BCUT2D eigenvalue weighted by Crippen LogP contribution is 2.27. The number of ether oxygens (including phenoxy) is 1. The van der Waals surface area contributed by atoms with Crippen LogP contribution >= 0.6 is 0 Å². The molecule has 0 spiro atoms. The molecule has 0 saturated carbocycles. The molecule has 1 atom stereocenters. The van der Waals surface area contributed by atoms with Crippen LogP contribution in [0.3, 0.4) is 0 Å². The van der Waals surface area contributed by atoms with Gasteiger partial charge in [0.05, 0.1) is 17.4 Å². The second-order valence-corrected chi connectivity index (χ2v) is 4.45. The molecule has 1 aromatic rings. The van der Waals surface area contributed by atoms with Crippen LogP contribution in [0.2, 0.25) is 0 Å². The number of benzene rings is 1. The predicted molar refractivity (Wildman–Crippen MR) is 71.9 cm³/mol. The van der Waals surface area contributed by atoms with Crippen LogP contribution in [0.5, 0.6) is 0 Å². The van der Waals surface area contributed by atoms with Crippen molar-refractivity contribution in [1.82, 2.24) is 5.32 Å². The maximum absolute atomic E-state index is 11.8. The normalized spacial score (nSPS) is 19.0. The summed E-state index contributed by atoms with van der Waals surface area (Å²) in [5.74, 6) is -0.0918. The fraction of sp³-hybridized carbons (Fsp3) is 0.462. The number of carbonyl (C=O) groups is 1. The van der Waals surface area contributed by atoms with E-state index in [0.29, 0.717) is 11.3 Å². The molecule has 1 unspecified atom stereocenters. The zero-order valence-corrected chi connectivity index (χ0v) is 10.8. The summed E-state index contributed by atoms with van der Waals surface area (Å²) in [6.45, 7) is 1.68. The number of nitrogens with zero attached hydrogens (tertiary/aromatic N) is 1. The van der Waals surface area contributed by atoms with E-state index in [0.717, 1.165) is 25.2 Å². The van der Waals surface area contributed by atoms with Crippen LogP contribution in [0.15, 0.2) is 18.2 Å². The molecule has 5 nitrogen and oxygen atoms in total. The lowest BCUT2D eigenvalue weighted by molar-refractivity contribution is 0.0963. The van der Waals surface area contributed by atoms with E-state index in [-0.39, 0.29) is 12.0 Å². The van der Waals surface area contributed by atoms with Gasteiger partial charge in [0.25, 0.3) is 5.91 Å². The summed E-state index contributed by atoms with van der Waals surface area (Å²) >= 11 is 0. The third kappa shape index (κ3) is 2.41. The predicted octanol–water partition coefficient (Wildman–Crippen LogP) is 0.853. The van der Waals surface area contributed by atoms with Gasteiger partial charge in [-0.05, 0) is 24.6 Å². The maximum atomic E-state index is 11.8. The lowest BCUT2D eigenvalue weighted by Crippen LogP contribution is -2.27. The number of methoxy groups -OCH3 is 1. The molecule has 2 rings (SSSR count). The van der Waals surface area contributed by atoms with E-state index in [1.165, 1.54) is 0 Å². The molecule has 5 heteroatoms. The van der Waals surface area contributed by atoms with E-state index < -0.39 is 0 Å². The molecular weight excluding hydrogens is 230 g/mol. The highest BCUT2D eigenvalue weighted by molar-refractivity contribution is 6.00. The maximum Gasteiger partial charge on any atom is 0.253 e. The minimum absolute atomic E-state index is 0.0918. The SMILES string of the molecule is CNC(=O)c1ccc(N)cc1N1CCC(OC)C1. The van der Waals surface area contributed by atoms with E-state index >= 15 is 0 Å². The number of hydrogen-bond acceptors (Lipinski definition) is 4. The summed E-state index contributed by atoms with van der Waals surface area (Å²) in [6, 6.07) is 5.37. The Hall–Kier alpha value is -1.75. The standard InChI is InChI=1S/C13H19N3O2/c1-15-13(17)11-4-3-9(14)7-12(11)16-6-5-10(8-16)18-2/h3-4,7,10H,5-6,8,14H2,1-2H3,(H,15,17). The molecule has 1 aliphatic heterocycles. The Morgan fingerprint density at radius 3 is 2.94 bits per heavy atom. The quantitative estimate of drug-likeness (QED) is 0.779. The number of nitrogens with two attached hydrogens (primary N) is 1. The van der Waals surface area contributed by atoms with Crippen molar-refractivity contribution in [2.75, 3.05) is 37.9 Å². The Morgan fingerprint density at radius 1 is 1.56 bits per heavy atom. The summed E-state index contributed by atoms with van der Waals surface area (Å²) in [4.78, 5) is 14.0. The molecule has 1 aromatic carbocycles. The summed E-state index contributed by atoms with van der Waals surface area (Å²) in [5.41, 5.74) is 8.02. The molecule has 0 aliphatic carbocycles. The molecule has 1 amide bonds. The van der Waals surface area contributed by atoms with Crippen LogP contribution in [0.4, 0.5) is 11.4 Å². The molecule has 1 saturated heterocycles. The lowest BCUT2D eigenvalue weighted by Gasteiger charge is -2.21. The second-order valence-electron chi connectivity index (χ2n) is 4.45. The number of rotatable bonds is 3. The van der Waals surface area contributed by atoms with Crippen LogP contribution in [0.1, 0.15) is 16.8 Å². The van der Waals surface area contributed by atoms with E-state index in [2.05, 4.69) is 10.2 Å². The number of hydrogen-bond donors (Lipinski definition) is 2. The Kier molecular flexibility index (Phi) is 3.72. The van der Waals surface area contributed by atoms with E-state index in [4.69, 9.17) is 10.5 Å². The number of anilines is 2. The van der Waals surface area contributed by atoms with Gasteiger partial charge in [-0.25, -0.2) is 0 Å². The van der Waals surface area contributed by atoms with Gasteiger partial charge < -0.3 is 20.7 Å². The van der Waals surface area contributed by atoms with Crippen molar-refractivity contribution in [3.63, 3.8) is 0 Å². The summed E-state index contributed by atoms with van der Waals surface area (Å²) in [5, 5.41) is 2.65. The zero-order valence-electron chi connectivity index (χ0n) is 10.8. The summed E-state index contributed by atoms with van der Waals surface area (Å²) in [6.07, 6.45) is 1.20. The lowest BCUT2D eigenvalue weighted by atomic mass is 10.1. The first-order valence-electron chi connectivity index (χ1n) is 6.05. The molecule has 0 aromatic heterocycles. The Morgan fingerprint density at radius 2 is 2.33 bits per heavy atom. The van der Waals surface area contributed by atoms with Gasteiger partial charge in [-0.15, -0.1) is 0 Å². The molecule has 18 heavy (non-hydrogen) atoms. The third-order valence-electron chi connectivity index (χ3n) is 3.31. The monoisotopic (exact) mass is 249 g/mol. The smallest absolute Gasteiger partial charge is 0.253 e. The van der Waals surface area contributed by atoms with E-state index in [1.807, 2.05) is 6.07 Å². The summed E-state index contributed by atoms with van der Waals surface area (Å²) in [7, 11) is 3.34. The molecule has 3 N–H and O–H groups in total. The van der Waals surface area contributed by atoms with Gasteiger partial charge in [-0.1, -0.05) is 0 Å². The topological polar surface area (TPSA) is 67.6 Å². The van der Waals surface area contributed by atoms with E-state index in [1.54, 1.807) is 26.3 Å². The van der Waals surface area contributed by atoms with Crippen molar-refractivity contribution in [3.8, 4) is 0 Å². The van der Waals surface area contributed by atoms with Crippen molar-refractivity contribution in [1.29, 1.82) is 0 Å². The van der Waals surface area contributed by atoms with Crippen LogP contribution < -0.4 is 16.0 Å². The summed E-state index contributed by atoms with van der Waals surface area (Å²) < 4.78 is 5.35. The molecular formula is C13H19N3O2. The van der Waals surface area contributed by atoms with Crippen molar-refractivity contribution in [2.45, 2.75) is 12.5 Å². The van der Waals surface area contributed by atoms with Crippen molar-refractivity contribution in [2.24, 2.45) is 0 Å². The van der Waals surface area contributed by atoms with Gasteiger partial charge in [0.15, 0.2) is 0 Å². The van der Waals surface area contributed by atoms with Crippen molar-refractivity contribution >= 4 is 17.3 Å². The van der Waals surface area contributed by atoms with Crippen LogP contribution in [0, 0.1) is 0 Å². The number of nitrogen functional groups attached to an aromatic ring is 1. The van der Waals surface area contributed by atoms with Crippen molar-refractivity contribution in [3.05, 3.63) is 23.8 Å². The van der Waals surface area contributed by atoms with Gasteiger partial charge in [0.1, 0.15) is 0 Å². The number of nitrogens with one attached hydrogen (secondary N) is 1. The zero-order chi connectivity index (χ0) is 13.1. The molecule has 1 fully saturated rings. The van der Waals surface area contributed by atoms with Crippen LogP contribution in [0.25, 0.3) is 0 Å². The Balaban J connectivity index is 2.31. The van der Waals surface area contributed by atoms with Gasteiger partial charge in [-0.3, -0.25) is 4.79 Å². The third-order valence-corrected chi connectivity index (χ3v) is 3.31. The highest BCUT2D eigenvalue weighted by atomic mass is 16.5. The number of amides is 1. The number of carbonyl (C=O) groups excluding carboxylic acids is 1. The fourth-order valence-corrected chi connectivity index (χ4v) is 2.28.